The molecule has 0 saturated carbocycles. The van der Waals surface area contributed by atoms with Crippen molar-refractivity contribution in [2.45, 2.75) is 32.9 Å². The lowest BCUT2D eigenvalue weighted by atomic mass is 9.94. The minimum atomic E-state index is -0.616. The zero-order valence-corrected chi connectivity index (χ0v) is 20.8. The number of benzene rings is 1. The SMILES string of the molecule is CCOC(=O)N1CCN(Cc2cc(C3=C/C(=C4\C(=O)Nc5cc(F)ccc54)OC3(C)C)cs2)CC1. The van der Waals surface area contributed by atoms with Gasteiger partial charge in [-0.2, -0.15) is 0 Å². The predicted molar refractivity (Wildman–Crippen MR) is 133 cm³/mol. The fourth-order valence-corrected chi connectivity index (χ4v) is 5.66. The molecule has 4 heterocycles. The van der Waals surface area contributed by atoms with E-state index in [2.05, 4.69) is 21.7 Å². The Morgan fingerprint density at radius 3 is 2.74 bits per heavy atom. The van der Waals surface area contributed by atoms with Gasteiger partial charge in [0.25, 0.3) is 5.91 Å². The summed E-state index contributed by atoms with van der Waals surface area (Å²) in [6, 6.07) is 6.45. The molecule has 2 aromatic rings. The van der Waals surface area contributed by atoms with Crippen molar-refractivity contribution in [1.82, 2.24) is 9.80 Å². The van der Waals surface area contributed by atoms with E-state index in [4.69, 9.17) is 9.47 Å². The van der Waals surface area contributed by atoms with Crippen LogP contribution in [0.2, 0.25) is 0 Å². The molecule has 0 unspecified atom stereocenters. The highest BCUT2D eigenvalue weighted by atomic mass is 32.1. The number of hydrogen-bond donors (Lipinski definition) is 1. The molecule has 3 aliphatic heterocycles. The van der Waals surface area contributed by atoms with Gasteiger partial charge in [0.2, 0.25) is 0 Å². The Hall–Kier alpha value is -3.17. The third-order valence-electron chi connectivity index (χ3n) is 6.50. The molecule has 1 fully saturated rings. The van der Waals surface area contributed by atoms with Crippen molar-refractivity contribution in [3.63, 3.8) is 0 Å². The Morgan fingerprint density at radius 2 is 2.00 bits per heavy atom. The summed E-state index contributed by atoms with van der Waals surface area (Å²) in [7, 11) is 0. The maximum absolute atomic E-state index is 13.6. The fourth-order valence-electron chi connectivity index (χ4n) is 4.74. The van der Waals surface area contributed by atoms with Crippen LogP contribution in [0, 0.1) is 5.82 Å². The lowest BCUT2D eigenvalue weighted by Crippen LogP contribution is -2.48. The number of halogens is 1. The minimum Gasteiger partial charge on any atom is -0.482 e. The molecule has 0 atom stereocenters. The average Bonchev–Trinajstić information content (AvgIpc) is 3.48. The van der Waals surface area contributed by atoms with Crippen LogP contribution in [-0.2, 0) is 20.8 Å². The van der Waals surface area contributed by atoms with Gasteiger partial charge in [0.15, 0.2) is 0 Å². The van der Waals surface area contributed by atoms with Crippen LogP contribution < -0.4 is 5.32 Å². The van der Waals surface area contributed by atoms with E-state index in [0.717, 1.165) is 30.8 Å². The predicted octanol–water partition coefficient (Wildman–Crippen LogP) is 4.72. The van der Waals surface area contributed by atoms with Gasteiger partial charge in [0.05, 0.1) is 17.9 Å². The van der Waals surface area contributed by atoms with E-state index in [-0.39, 0.29) is 12.0 Å². The van der Waals surface area contributed by atoms with Gasteiger partial charge in [-0.3, -0.25) is 9.69 Å². The maximum atomic E-state index is 13.6. The van der Waals surface area contributed by atoms with Crippen LogP contribution >= 0.6 is 11.3 Å². The zero-order valence-electron chi connectivity index (χ0n) is 20.0. The highest BCUT2D eigenvalue weighted by Gasteiger charge is 2.38. The van der Waals surface area contributed by atoms with Crippen molar-refractivity contribution in [2.75, 3.05) is 38.1 Å². The molecule has 35 heavy (non-hydrogen) atoms. The van der Waals surface area contributed by atoms with E-state index in [0.29, 0.717) is 42.3 Å². The van der Waals surface area contributed by atoms with Gasteiger partial charge in [0.1, 0.15) is 17.2 Å². The fraction of sp³-hybridized carbons (Fsp3) is 0.385. The summed E-state index contributed by atoms with van der Waals surface area (Å²) in [5.41, 5.74) is 2.98. The van der Waals surface area contributed by atoms with Gasteiger partial charge in [-0.15, -0.1) is 11.3 Å². The molecule has 1 saturated heterocycles. The third-order valence-corrected chi connectivity index (χ3v) is 7.43. The number of allylic oxidation sites excluding steroid dienone is 1. The third kappa shape index (κ3) is 4.58. The van der Waals surface area contributed by atoms with Crippen molar-refractivity contribution in [1.29, 1.82) is 0 Å². The molecule has 2 amide bonds. The lowest BCUT2D eigenvalue weighted by molar-refractivity contribution is -0.111. The van der Waals surface area contributed by atoms with Gasteiger partial charge in [0, 0.05) is 48.7 Å². The molecule has 5 rings (SSSR count). The van der Waals surface area contributed by atoms with Crippen molar-refractivity contribution >= 4 is 40.2 Å². The largest absolute Gasteiger partial charge is 0.482 e. The quantitative estimate of drug-likeness (QED) is 0.619. The number of nitrogens with one attached hydrogen (secondary N) is 1. The number of fused-ring (bicyclic) bond motifs is 1. The summed E-state index contributed by atoms with van der Waals surface area (Å²) in [6.07, 6.45) is 1.69. The van der Waals surface area contributed by atoms with Crippen molar-refractivity contribution in [2.24, 2.45) is 0 Å². The molecule has 3 aliphatic rings. The second kappa shape index (κ2) is 9.13. The Bertz CT molecular complexity index is 1240. The molecule has 0 bridgehead atoms. The Kier molecular flexibility index (Phi) is 6.14. The molecule has 0 aliphatic carbocycles. The number of anilines is 1. The highest BCUT2D eigenvalue weighted by molar-refractivity contribution is 7.10. The minimum absolute atomic E-state index is 0.241. The van der Waals surface area contributed by atoms with Crippen LogP contribution in [0.5, 0.6) is 0 Å². The summed E-state index contributed by atoms with van der Waals surface area (Å²) >= 11 is 1.69. The smallest absolute Gasteiger partial charge is 0.409 e. The van der Waals surface area contributed by atoms with Crippen LogP contribution in [0.4, 0.5) is 14.9 Å². The number of amides is 2. The van der Waals surface area contributed by atoms with Gasteiger partial charge < -0.3 is 19.7 Å². The van der Waals surface area contributed by atoms with Crippen molar-refractivity contribution < 1.29 is 23.5 Å². The summed E-state index contributed by atoms with van der Waals surface area (Å²) in [5, 5.41) is 4.85. The van der Waals surface area contributed by atoms with E-state index in [1.165, 1.54) is 17.0 Å². The maximum Gasteiger partial charge on any atom is 0.409 e. The average molecular weight is 498 g/mol. The van der Waals surface area contributed by atoms with Crippen LogP contribution in [0.15, 0.2) is 41.5 Å². The number of carbonyl (C=O) groups excluding carboxylic acids is 2. The second-order valence-electron chi connectivity index (χ2n) is 9.32. The monoisotopic (exact) mass is 497 g/mol. The topological polar surface area (TPSA) is 71.1 Å². The van der Waals surface area contributed by atoms with Crippen LogP contribution in [0.25, 0.3) is 11.1 Å². The number of piperazine rings is 1. The van der Waals surface area contributed by atoms with Crippen molar-refractivity contribution in [3.8, 4) is 0 Å². The Morgan fingerprint density at radius 1 is 1.23 bits per heavy atom. The number of thiophene rings is 1. The van der Waals surface area contributed by atoms with Crippen LogP contribution in [-0.4, -0.2) is 60.2 Å². The molecule has 0 spiro atoms. The zero-order chi connectivity index (χ0) is 24.7. The molecule has 1 aromatic carbocycles. The van der Waals surface area contributed by atoms with E-state index in [1.807, 2.05) is 26.8 Å². The first-order valence-corrected chi connectivity index (χ1v) is 12.6. The summed E-state index contributed by atoms with van der Waals surface area (Å²) in [4.78, 5) is 29.9. The highest BCUT2D eigenvalue weighted by Crippen LogP contribution is 2.45. The number of rotatable bonds is 4. The molecule has 0 radical (unpaired) electrons. The molecule has 1 aromatic heterocycles. The van der Waals surface area contributed by atoms with Gasteiger partial charge >= 0.3 is 6.09 Å². The van der Waals surface area contributed by atoms with Gasteiger partial charge in [-0.05, 0) is 62.1 Å². The molecule has 7 nitrogen and oxygen atoms in total. The standard InChI is InChI=1S/C26H28FN3O4S/c1-4-33-25(32)30-9-7-29(8-10-30)14-18-11-16(15-35-18)20-13-22(34-26(20,2)3)23-19-6-5-17(27)12-21(19)28-24(23)31/h5-6,11-13,15H,4,7-10,14H2,1-3H3,(H,28,31)/b23-22+. The molecular formula is C26H28FN3O4S. The Balaban J connectivity index is 1.33. The first-order valence-electron chi connectivity index (χ1n) is 11.7. The number of carbonyl (C=O) groups is 2. The summed E-state index contributed by atoms with van der Waals surface area (Å²) in [6.45, 7) is 9.90. The van der Waals surface area contributed by atoms with Crippen molar-refractivity contribution in [3.05, 3.63) is 63.3 Å². The summed E-state index contributed by atoms with van der Waals surface area (Å²) in [5.74, 6) is -0.190. The van der Waals surface area contributed by atoms with E-state index in [1.54, 1.807) is 22.3 Å². The number of hydrogen-bond acceptors (Lipinski definition) is 6. The van der Waals surface area contributed by atoms with E-state index < -0.39 is 11.4 Å². The van der Waals surface area contributed by atoms with Crippen LogP contribution in [0.3, 0.4) is 0 Å². The molecule has 184 valence electrons. The van der Waals surface area contributed by atoms with Crippen LogP contribution in [0.1, 0.15) is 36.8 Å². The summed E-state index contributed by atoms with van der Waals surface area (Å²) < 4.78 is 25.0. The van der Waals surface area contributed by atoms with Gasteiger partial charge in [-0.1, -0.05) is 0 Å². The first kappa shape index (κ1) is 23.6. The lowest BCUT2D eigenvalue weighted by Gasteiger charge is -2.33. The molecule has 9 heteroatoms. The normalized spacial score (nSPS) is 21.4. The second-order valence-corrected chi connectivity index (χ2v) is 10.3. The van der Waals surface area contributed by atoms with E-state index in [9.17, 15) is 14.0 Å². The molecule has 1 N–H and O–H groups in total. The van der Waals surface area contributed by atoms with E-state index >= 15 is 0 Å². The van der Waals surface area contributed by atoms with Gasteiger partial charge in [-0.25, -0.2) is 9.18 Å². The first-order chi connectivity index (χ1) is 16.7. The number of nitrogens with zero attached hydrogens (tertiary/aromatic N) is 2. The molecular weight excluding hydrogens is 469 g/mol. The number of ether oxygens (including phenoxy) is 2. The Labute approximate surface area is 207 Å².